The molecule has 0 atom stereocenters. The first-order valence-electron chi connectivity index (χ1n) is 13.2. The Kier molecular flexibility index (Phi) is 8.26. The fourth-order valence-corrected chi connectivity index (χ4v) is 5.78. The average molecular weight is 527 g/mol. The first-order valence-corrected chi connectivity index (χ1v) is 14.0. The summed E-state index contributed by atoms with van der Waals surface area (Å²) in [7, 11) is 1.37. The number of anilines is 2. The van der Waals surface area contributed by atoms with Crippen molar-refractivity contribution < 1.29 is 23.9 Å². The zero-order chi connectivity index (χ0) is 26.7. The molecule has 1 heterocycles. The number of esters is 1. The predicted molar refractivity (Wildman–Crippen MR) is 147 cm³/mol. The van der Waals surface area contributed by atoms with Gasteiger partial charge in [0.05, 0.1) is 12.8 Å². The van der Waals surface area contributed by atoms with Gasteiger partial charge in [0.1, 0.15) is 10.5 Å². The van der Waals surface area contributed by atoms with Gasteiger partial charge < -0.3 is 14.4 Å². The highest BCUT2D eigenvalue weighted by atomic mass is 32.1. The van der Waals surface area contributed by atoms with Crippen LogP contribution in [0.25, 0.3) is 10.4 Å². The molecule has 2 aliphatic carbocycles. The molecule has 2 fully saturated rings. The second kappa shape index (κ2) is 11.3. The molecule has 200 valence electrons. The number of rotatable bonds is 7. The molecule has 2 amide bonds. The van der Waals surface area contributed by atoms with Crippen molar-refractivity contribution in [2.24, 2.45) is 17.8 Å². The Morgan fingerprint density at radius 1 is 1.03 bits per heavy atom. The van der Waals surface area contributed by atoms with Gasteiger partial charge in [-0.05, 0) is 94.9 Å². The minimum Gasteiger partial charge on any atom is -0.465 e. The van der Waals surface area contributed by atoms with Gasteiger partial charge in [-0.2, -0.15) is 0 Å². The van der Waals surface area contributed by atoms with Crippen LogP contribution in [-0.4, -0.2) is 37.2 Å². The fourth-order valence-electron chi connectivity index (χ4n) is 4.70. The van der Waals surface area contributed by atoms with E-state index in [0.717, 1.165) is 49.0 Å². The van der Waals surface area contributed by atoms with E-state index in [9.17, 15) is 14.4 Å². The number of hydrogen-bond donors (Lipinski definition) is 1. The molecule has 1 N–H and O–H groups in total. The molecule has 4 rings (SSSR count). The monoisotopic (exact) mass is 526 g/mol. The lowest BCUT2D eigenvalue weighted by molar-refractivity contribution is -0.123. The Morgan fingerprint density at radius 3 is 2.24 bits per heavy atom. The minimum absolute atomic E-state index is 0.00186. The van der Waals surface area contributed by atoms with Crippen LogP contribution in [-0.2, 0) is 14.3 Å². The van der Waals surface area contributed by atoms with E-state index in [1.165, 1.54) is 18.4 Å². The van der Waals surface area contributed by atoms with Crippen LogP contribution in [0.2, 0.25) is 0 Å². The maximum atomic E-state index is 13.8. The zero-order valence-electron chi connectivity index (χ0n) is 22.5. The molecule has 0 unspecified atom stereocenters. The number of carbonyl (C=O) groups excluding carboxylic acids is 3. The summed E-state index contributed by atoms with van der Waals surface area (Å²) in [5.74, 6) is 0.846. The molecule has 8 heteroatoms. The van der Waals surface area contributed by atoms with Gasteiger partial charge in [-0.3, -0.25) is 10.1 Å². The fraction of sp³-hybridized carbons (Fsp3) is 0.552. The number of hydrogen-bond acceptors (Lipinski definition) is 6. The molecular weight excluding hydrogens is 488 g/mol. The van der Waals surface area contributed by atoms with Crippen molar-refractivity contribution in [2.75, 3.05) is 23.9 Å². The highest BCUT2D eigenvalue weighted by molar-refractivity contribution is 7.18. The van der Waals surface area contributed by atoms with E-state index in [-0.39, 0.29) is 11.8 Å². The van der Waals surface area contributed by atoms with Crippen LogP contribution >= 0.6 is 11.3 Å². The highest BCUT2D eigenvalue weighted by Crippen LogP contribution is 2.41. The van der Waals surface area contributed by atoms with Gasteiger partial charge in [0.15, 0.2) is 0 Å². The van der Waals surface area contributed by atoms with E-state index >= 15 is 0 Å². The minimum atomic E-state index is -0.582. The zero-order valence-corrected chi connectivity index (χ0v) is 23.3. The topological polar surface area (TPSA) is 84.9 Å². The van der Waals surface area contributed by atoms with Crippen LogP contribution in [0.1, 0.15) is 75.9 Å². The van der Waals surface area contributed by atoms with Gasteiger partial charge >= 0.3 is 12.1 Å². The largest absolute Gasteiger partial charge is 0.465 e. The number of nitrogens with one attached hydrogen (secondary N) is 1. The molecule has 0 radical (unpaired) electrons. The number of amides is 2. The van der Waals surface area contributed by atoms with Crippen molar-refractivity contribution in [1.29, 1.82) is 0 Å². The third-order valence-electron chi connectivity index (χ3n) is 6.96. The van der Waals surface area contributed by atoms with Crippen LogP contribution < -0.4 is 10.2 Å². The Morgan fingerprint density at radius 2 is 1.68 bits per heavy atom. The van der Waals surface area contributed by atoms with Crippen molar-refractivity contribution in [3.63, 3.8) is 0 Å². The smallest absolute Gasteiger partial charge is 0.412 e. The third-order valence-corrected chi connectivity index (χ3v) is 8.11. The summed E-state index contributed by atoms with van der Waals surface area (Å²) in [6.07, 6.45) is 5.64. The Bertz CT molecular complexity index is 1120. The van der Waals surface area contributed by atoms with Crippen LogP contribution in [0.15, 0.2) is 30.3 Å². The summed E-state index contributed by atoms with van der Waals surface area (Å²) in [4.78, 5) is 41.8. The second-order valence-electron chi connectivity index (χ2n) is 11.4. The summed E-state index contributed by atoms with van der Waals surface area (Å²) in [5.41, 5.74) is 1.57. The molecule has 1 aromatic carbocycles. The second-order valence-corrected chi connectivity index (χ2v) is 12.4. The lowest BCUT2D eigenvalue weighted by Gasteiger charge is -2.31. The van der Waals surface area contributed by atoms with E-state index in [4.69, 9.17) is 9.47 Å². The summed E-state index contributed by atoms with van der Waals surface area (Å²) >= 11 is 1.33. The molecule has 7 nitrogen and oxygen atoms in total. The average Bonchev–Trinajstić information content (AvgIpc) is 3.57. The predicted octanol–water partition coefficient (Wildman–Crippen LogP) is 7.12. The van der Waals surface area contributed by atoms with Crippen LogP contribution in [0.4, 0.5) is 16.2 Å². The molecule has 1 aromatic heterocycles. The van der Waals surface area contributed by atoms with Crippen LogP contribution in [0, 0.1) is 17.8 Å². The van der Waals surface area contributed by atoms with Gasteiger partial charge in [-0.25, -0.2) is 9.59 Å². The van der Waals surface area contributed by atoms with Crippen molar-refractivity contribution in [3.8, 4) is 10.4 Å². The van der Waals surface area contributed by atoms with Gasteiger partial charge in [0.25, 0.3) is 0 Å². The first-order chi connectivity index (χ1) is 17.5. The summed E-state index contributed by atoms with van der Waals surface area (Å²) in [5, 5.41) is 2.74. The molecule has 0 aliphatic heterocycles. The van der Waals surface area contributed by atoms with E-state index in [1.54, 1.807) is 12.1 Å². The lowest BCUT2D eigenvalue weighted by Crippen LogP contribution is -2.39. The molecule has 0 saturated heterocycles. The SMILES string of the molecule is COC(=O)c1sc(-c2ccc(NC(=O)OC(C)(C)C)cc2)cc1N(CC1CC1)C(=O)[C@H]1CC[C@H](C)CC1. The van der Waals surface area contributed by atoms with Crippen molar-refractivity contribution in [1.82, 2.24) is 0 Å². The van der Waals surface area contributed by atoms with E-state index < -0.39 is 17.7 Å². The number of nitrogens with zero attached hydrogens (tertiary/aromatic N) is 1. The normalized spacial score (nSPS) is 19.7. The number of carbonyl (C=O) groups is 3. The number of benzene rings is 1. The molecule has 2 aromatic rings. The Hall–Kier alpha value is -2.87. The van der Waals surface area contributed by atoms with Crippen molar-refractivity contribution in [3.05, 3.63) is 35.2 Å². The van der Waals surface area contributed by atoms with Crippen LogP contribution in [0.5, 0.6) is 0 Å². The number of methoxy groups -OCH3 is 1. The third kappa shape index (κ3) is 7.12. The Balaban J connectivity index is 1.60. The molecule has 37 heavy (non-hydrogen) atoms. The Labute approximate surface area is 223 Å². The lowest BCUT2D eigenvalue weighted by atomic mass is 9.82. The highest BCUT2D eigenvalue weighted by Gasteiger charge is 2.35. The standard InChI is InChI=1S/C29H38N2O5S/c1-18-6-10-21(11-7-18)26(32)31(17-19-8-9-19)23-16-24(37-25(23)27(33)35-5)20-12-14-22(15-13-20)30-28(34)36-29(2,3)4/h12-16,18-19,21H,6-11,17H2,1-5H3,(H,30,34)/t18-,21-. The summed E-state index contributed by atoms with van der Waals surface area (Å²) < 4.78 is 10.4. The van der Waals surface area contributed by atoms with E-state index in [0.29, 0.717) is 34.6 Å². The summed E-state index contributed by atoms with van der Waals surface area (Å²) in [6, 6.07) is 9.32. The summed E-state index contributed by atoms with van der Waals surface area (Å²) in [6.45, 7) is 8.33. The maximum absolute atomic E-state index is 13.8. The number of ether oxygens (including phenoxy) is 2. The molecule has 0 spiro atoms. The maximum Gasteiger partial charge on any atom is 0.412 e. The quantitative estimate of drug-likeness (QED) is 0.388. The van der Waals surface area contributed by atoms with Gasteiger partial charge in [-0.1, -0.05) is 19.1 Å². The van der Waals surface area contributed by atoms with Gasteiger partial charge in [-0.15, -0.1) is 11.3 Å². The van der Waals surface area contributed by atoms with Crippen molar-refractivity contribution in [2.45, 2.75) is 71.8 Å². The molecular formula is C29H38N2O5S. The van der Waals surface area contributed by atoms with Crippen LogP contribution in [0.3, 0.4) is 0 Å². The van der Waals surface area contributed by atoms with E-state index in [2.05, 4.69) is 12.2 Å². The van der Waals surface area contributed by atoms with Gasteiger partial charge in [0, 0.05) is 23.0 Å². The molecule has 0 bridgehead atoms. The molecule has 2 saturated carbocycles. The number of thiophene rings is 1. The first kappa shape index (κ1) is 27.2. The van der Waals surface area contributed by atoms with Crippen molar-refractivity contribution >= 4 is 40.7 Å². The van der Waals surface area contributed by atoms with E-state index in [1.807, 2.05) is 43.9 Å². The van der Waals surface area contributed by atoms with Gasteiger partial charge in [0.2, 0.25) is 5.91 Å². The molecule has 2 aliphatic rings.